The molecule has 18 heavy (non-hydrogen) atoms. The van der Waals surface area contributed by atoms with Crippen LogP contribution < -0.4 is 0 Å². The first-order valence-corrected chi connectivity index (χ1v) is 6.32. The van der Waals surface area contributed by atoms with E-state index < -0.39 is 0 Å². The van der Waals surface area contributed by atoms with Crippen LogP contribution in [-0.2, 0) is 6.42 Å². The van der Waals surface area contributed by atoms with Crippen LogP contribution >= 0.6 is 0 Å². The molecule has 90 valence electrons. The lowest BCUT2D eigenvalue weighted by Gasteiger charge is -2.08. The predicted molar refractivity (Wildman–Crippen MR) is 75.6 cm³/mol. The summed E-state index contributed by atoms with van der Waals surface area (Å²) in [5.74, 6) is 0.952. The zero-order valence-electron chi connectivity index (χ0n) is 10.7. The molecule has 0 bridgehead atoms. The van der Waals surface area contributed by atoms with E-state index >= 15 is 0 Å². The molecule has 0 aliphatic heterocycles. The number of imidazole rings is 1. The molecule has 0 radical (unpaired) electrons. The summed E-state index contributed by atoms with van der Waals surface area (Å²) in [4.78, 5) is 7.60. The maximum Gasteiger partial charge on any atom is 0.103 e. The lowest BCUT2D eigenvalue weighted by molar-refractivity contribution is 1.15. The number of aryl methyl sites for hydroxylation is 2. The van der Waals surface area contributed by atoms with Crippen molar-refractivity contribution in [3.05, 3.63) is 54.0 Å². The molecule has 0 aliphatic rings. The maximum atomic E-state index is 4.29. The van der Waals surface area contributed by atoms with E-state index in [-0.39, 0.29) is 0 Å². The number of fused-ring (bicyclic) bond motifs is 1. The molecule has 0 spiro atoms. The number of aromatic nitrogens is 2. The van der Waals surface area contributed by atoms with Crippen LogP contribution in [0.2, 0.25) is 0 Å². The Morgan fingerprint density at radius 1 is 1.06 bits per heavy atom. The fourth-order valence-electron chi connectivity index (χ4n) is 2.46. The van der Waals surface area contributed by atoms with E-state index in [2.05, 4.69) is 53.3 Å². The summed E-state index contributed by atoms with van der Waals surface area (Å²) in [5.41, 5.74) is 3.71. The molecule has 3 aromatic rings. The number of H-pyrrole nitrogens is 1. The van der Waals surface area contributed by atoms with E-state index in [1.807, 2.05) is 13.1 Å². The van der Waals surface area contributed by atoms with E-state index in [0.717, 1.165) is 17.9 Å². The van der Waals surface area contributed by atoms with Gasteiger partial charge in [0.15, 0.2) is 0 Å². The zero-order chi connectivity index (χ0) is 12.5. The minimum absolute atomic E-state index is 0.952. The Labute approximate surface area is 107 Å². The first kappa shape index (κ1) is 11.0. The van der Waals surface area contributed by atoms with E-state index in [1.165, 1.54) is 21.9 Å². The van der Waals surface area contributed by atoms with E-state index in [4.69, 9.17) is 0 Å². The van der Waals surface area contributed by atoms with Crippen molar-refractivity contribution < 1.29 is 0 Å². The second kappa shape index (κ2) is 4.30. The highest BCUT2D eigenvalue weighted by molar-refractivity contribution is 5.97. The van der Waals surface area contributed by atoms with Crippen molar-refractivity contribution in [2.75, 3.05) is 0 Å². The second-order valence-electron chi connectivity index (χ2n) is 4.55. The first-order valence-electron chi connectivity index (χ1n) is 6.32. The first-order chi connectivity index (χ1) is 8.79. The molecule has 3 rings (SSSR count). The quantitative estimate of drug-likeness (QED) is 0.713. The zero-order valence-corrected chi connectivity index (χ0v) is 10.7. The molecule has 0 atom stereocenters. The Hall–Kier alpha value is -2.09. The standard InChI is InChI=1S/C16H16N2/c1-3-12-8-9-15(16-10-17-11(2)18-16)14-7-5-4-6-13(12)14/h4-10H,3H2,1-2H3,(H,17,18). The average Bonchev–Trinajstić information content (AvgIpc) is 2.84. The second-order valence-corrected chi connectivity index (χ2v) is 4.55. The summed E-state index contributed by atoms with van der Waals surface area (Å²) < 4.78 is 0. The van der Waals surface area contributed by atoms with Crippen molar-refractivity contribution in [3.63, 3.8) is 0 Å². The minimum Gasteiger partial charge on any atom is -0.342 e. The number of rotatable bonds is 2. The number of hydrogen-bond acceptors (Lipinski definition) is 1. The maximum absolute atomic E-state index is 4.29. The van der Waals surface area contributed by atoms with Gasteiger partial charge in [0, 0.05) is 5.56 Å². The van der Waals surface area contributed by atoms with Crippen molar-refractivity contribution in [2.24, 2.45) is 0 Å². The Morgan fingerprint density at radius 2 is 1.83 bits per heavy atom. The molecule has 1 N–H and O–H groups in total. The van der Waals surface area contributed by atoms with Crippen LogP contribution in [0.1, 0.15) is 18.3 Å². The number of nitrogens with zero attached hydrogens (tertiary/aromatic N) is 1. The van der Waals surface area contributed by atoms with E-state index in [0.29, 0.717) is 0 Å². The van der Waals surface area contributed by atoms with Gasteiger partial charge >= 0.3 is 0 Å². The fourth-order valence-corrected chi connectivity index (χ4v) is 2.46. The molecule has 1 aromatic heterocycles. The van der Waals surface area contributed by atoms with Gasteiger partial charge in [-0.05, 0) is 29.7 Å². The third-order valence-corrected chi connectivity index (χ3v) is 3.39. The summed E-state index contributed by atoms with van der Waals surface area (Å²) >= 11 is 0. The van der Waals surface area contributed by atoms with Crippen molar-refractivity contribution in [3.8, 4) is 11.3 Å². The third-order valence-electron chi connectivity index (χ3n) is 3.39. The predicted octanol–water partition coefficient (Wildman–Crippen LogP) is 4.10. The highest BCUT2D eigenvalue weighted by atomic mass is 14.9. The van der Waals surface area contributed by atoms with Gasteiger partial charge in [-0.1, -0.05) is 43.3 Å². The summed E-state index contributed by atoms with van der Waals surface area (Å²) in [6.45, 7) is 4.17. The van der Waals surface area contributed by atoms with E-state index in [1.54, 1.807) is 0 Å². The highest BCUT2D eigenvalue weighted by Gasteiger charge is 2.08. The normalized spacial score (nSPS) is 11.0. The molecule has 2 heteroatoms. The summed E-state index contributed by atoms with van der Waals surface area (Å²) in [5, 5.41) is 2.63. The topological polar surface area (TPSA) is 28.7 Å². The summed E-state index contributed by atoms with van der Waals surface area (Å²) in [7, 11) is 0. The van der Waals surface area contributed by atoms with Gasteiger partial charge in [0.25, 0.3) is 0 Å². The smallest absolute Gasteiger partial charge is 0.103 e. The highest BCUT2D eigenvalue weighted by Crippen LogP contribution is 2.30. The van der Waals surface area contributed by atoms with Crippen LogP contribution in [0.4, 0.5) is 0 Å². The van der Waals surface area contributed by atoms with E-state index in [9.17, 15) is 0 Å². The van der Waals surface area contributed by atoms with Crippen molar-refractivity contribution in [2.45, 2.75) is 20.3 Å². The van der Waals surface area contributed by atoms with Gasteiger partial charge in [-0.25, -0.2) is 4.98 Å². The molecule has 0 amide bonds. The monoisotopic (exact) mass is 236 g/mol. The van der Waals surface area contributed by atoms with Gasteiger partial charge in [-0.3, -0.25) is 0 Å². The molecule has 2 nitrogen and oxygen atoms in total. The number of hydrogen-bond donors (Lipinski definition) is 1. The van der Waals surface area contributed by atoms with Gasteiger partial charge < -0.3 is 4.98 Å². The number of aromatic amines is 1. The number of nitrogens with one attached hydrogen (secondary N) is 1. The summed E-state index contributed by atoms with van der Waals surface area (Å²) in [6, 6.07) is 13.0. The molecule has 2 aromatic carbocycles. The van der Waals surface area contributed by atoms with Crippen LogP contribution in [0.3, 0.4) is 0 Å². The molecular formula is C16H16N2. The van der Waals surface area contributed by atoms with Crippen LogP contribution in [0.25, 0.3) is 22.0 Å². The van der Waals surface area contributed by atoms with Crippen LogP contribution in [0.15, 0.2) is 42.6 Å². The fraction of sp³-hybridized carbons (Fsp3) is 0.188. The van der Waals surface area contributed by atoms with Gasteiger partial charge in [0.1, 0.15) is 5.82 Å². The van der Waals surface area contributed by atoms with Gasteiger partial charge in [-0.15, -0.1) is 0 Å². The van der Waals surface area contributed by atoms with Gasteiger partial charge in [0.05, 0.1) is 11.9 Å². The molecule has 0 fully saturated rings. The minimum atomic E-state index is 0.952. The number of benzene rings is 2. The Morgan fingerprint density at radius 3 is 2.50 bits per heavy atom. The Bertz CT molecular complexity index is 695. The van der Waals surface area contributed by atoms with Crippen LogP contribution in [-0.4, -0.2) is 9.97 Å². The molecule has 0 saturated carbocycles. The molecule has 0 aliphatic carbocycles. The van der Waals surface area contributed by atoms with Crippen molar-refractivity contribution in [1.29, 1.82) is 0 Å². The molecule has 0 saturated heterocycles. The average molecular weight is 236 g/mol. The Kier molecular flexibility index (Phi) is 2.63. The largest absolute Gasteiger partial charge is 0.342 e. The Balaban J connectivity index is 2.31. The lowest BCUT2D eigenvalue weighted by atomic mass is 9.97. The van der Waals surface area contributed by atoms with Gasteiger partial charge in [0.2, 0.25) is 0 Å². The molecule has 1 heterocycles. The lowest BCUT2D eigenvalue weighted by Crippen LogP contribution is -1.87. The molecule has 0 unspecified atom stereocenters. The SMILES string of the molecule is CCc1ccc(-c2cnc(C)[nH]2)c2ccccc12. The molecular weight excluding hydrogens is 220 g/mol. The van der Waals surface area contributed by atoms with Gasteiger partial charge in [-0.2, -0.15) is 0 Å². The van der Waals surface area contributed by atoms with Crippen molar-refractivity contribution in [1.82, 2.24) is 9.97 Å². The van der Waals surface area contributed by atoms with Crippen molar-refractivity contribution >= 4 is 10.8 Å². The summed E-state index contributed by atoms with van der Waals surface area (Å²) in [6.07, 6.45) is 2.96. The van der Waals surface area contributed by atoms with Crippen LogP contribution in [0.5, 0.6) is 0 Å². The third kappa shape index (κ3) is 1.70. The van der Waals surface area contributed by atoms with Crippen LogP contribution in [0, 0.1) is 6.92 Å².